The lowest BCUT2D eigenvalue weighted by Gasteiger charge is -2.14. The van der Waals surface area contributed by atoms with Crippen molar-refractivity contribution in [1.29, 1.82) is 0 Å². The first kappa shape index (κ1) is 44.6. The zero-order chi connectivity index (χ0) is 44.5. The Morgan fingerprint density at radius 2 is 0.937 bits per heavy atom. The van der Waals surface area contributed by atoms with Crippen LogP contribution in [-0.2, 0) is 0 Å². The van der Waals surface area contributed by atoms with Gasteiger partial charge in [-0.1, -0.05) is 60.5 Å². The highest BCUT2D eigenvalue weighted by molar-refractivity contribution is 5.96. The number of aromatic amines is 2. The predicted molar refractivity (Wildman–Crippen MR) is 258 cm³/mol. The molecule has 11 nitrogen and oxygen atoms in total. The summed E-state index contributed by atoms with van der Waals surface area (Å²) < 4.78 is 25.4. The van der Waals surface area contributed by atoms with Crippen LogP contribution in [0.5, 0.6) is 23.0 Å². The normalized spacial score (nSPS) is 12.1. The maximum atomic E-state index is 9.94. The number of H-pyrrole nitrogens is 2. The Hall–Kier alpha value is -6.45. The molecular weight excluding hydrogens is 787 g/mol. The fourth-order valence-corrected chi connectivity index (χ4v) is 7.30. The maximum absolute atomic E-state index is 9.94. The number of nitrogens with one attached hydrogen (secondary N) is 2. The molecule has 0 atom stereocenters. The van der Waals surface area contributed by atoms with Gasteiger partial charge < -0.3 is 28.9 Å². The number of azide groups is 1. The van der Waals surface area contributed by atoms with E-state index in [4.69, 9.17) is 28.9 Å². The third kappa shape index (κ3) is 11.7. The van der Waals surface area contributed by atoms with E-state index >= 15 is 0 Å². The molecule has 0 radical (unpaired) electrons. The molecule has 7 rings (SSSR count). The van der Waals surface area contributed by atoms with Crippen LogP contribution in [-0.4, -0.2) is 46.4 Å². The Labute approximate surface area is 371 Å². The van der Waals surface area contributed by atoms with E-state index in [1.165, 1.54) is 0 Å². The molecule has 0 saturated heterocycles. The highest BCUT2D eigenvalue weighted by Gasteiger charge is 2.18. The topological polar surface area (TPSA) is 143 Å². The summed E-state index contributed by atoms with van der Waals surface area (Å²) in [5, 5.41) is 4.23. The number of benzene rings is 2. The van der Waals surface area contributed by atoms with Crippen LogP contribution in [0.3, 0.4) is 0 Å². The minimum absolute atomic E-state index is 0.365. The monoisotopic (exact) mass is 847 g/mol. The van der Waals surface area contributed by atoms with Crippen LogP contribution in [0.1, 0.15) is 104 Å². The largest absolute Gasteiger partial charge is 0.493 e. The van der Waals surface area contributed by atoms with Gasteiger partial charge in [0.1, 0.15) is 23.0 Å². The fraction of sp³-hybridized carbons (Fsp3) is 0.385. The first-order valence-corrected chi connectivity index (χ1v) is 22.4. The third-order valence-corrected chi connectivity index (χ3v) is 10.9. The van der Waals surface area contributed by atoms with Gasteiger partial charge in [0.2, 0.25) is 0 Å². The van der Waals surface area contributed by atoms with Crippen molar-refractivity contribution >= 4 is 52.1 Å². The summed E-state index contributed by atoms with van der Waals surface area (Å²) in [6.07, 6.45) is 11.6. The zero-order valence-corrected chi connectivity index (χ0v) is 38.0. The number of nitrogens with zero attached hydrogens (tertiary/aromatic N) is 5. The van der Waals surface area contributed by atoms with Crippen LogP contribution in [0.15, 0.2) is 71.8 Å². The lowest BCUT2D eigenvalue weighted by atomic mass is 10.0. The van der Waals surface area contributed by atoms with Crippen LogP contribution in [0, 0.1) is 23.7 Å². The molecule has 0 fully saturated rings. The van der Waals surface area contributed by atoms with E-state index in [0.717, 1.165) is 98.9 Å². The summed E-state index contributed by atoms with van der Waals surface area (Å²) in [5.41, 5.74) is 19.6. The zero-order valence-electron chi connectivity index (χ0n) is 38.0. The van der Waals surface area contributed by atoms with E-state index < -0.39 is 0 Å². The van der Waals surface area contributed by atoms with Gasteiger partial charge in [-0.3, -0.25) is 0 Å². The molecule has 8 bridgehead atoms. The van der Waals surface area contributed by atoms with Gasteiger partial charge in [-0.2, -0.15) is 0 Å². The SMILES string of the molecule is CC(C)CCOc1cc(OCCC(C)C)cc(-c2c3nc(c(N=[N+]=[N-])c4ccc([nH]4)c(-c4cc(OCCC(C)C)cc(OCCC(C)C)c4)c4nc(cc5ccc2[nH]5)C=C4)C=C3)c1. The van der Waals surface area contributed by atoms with Crippen LogP contribution in [0.4, 0.5) is 5.69 Å². The van der Waals surface area contributed by atoms with Crippen LogP contribution >= 0.6 is 0 Å². The quantitative estimate of drug-likeness (QED) is 0.0471. The van der Waals surface area contributed by atoms with Gasteiger partial charge in [0.15, 0.2) is 0 Å². The van der Waals surface area contributed by atoms with Crippen molar-refractivity contribution in [3.63, 3.8) is 0 Å². The first-order chi connectivity index (χ1) is 30.4. The number of hydrogen-bond acceptors (Lipinski definition) is 7. The predicted octanol–water partition coefficient (Wildman–Crippen LogP) is 14.6. The summed E-state index contributed by atoms with van der Waals surface area (Å²) in [6, 6.07) is 22.2. The summed E-state index contributed by atoms with van der Waals surface area (Å²) >= 11 is 0. The minimum atomic E-state index is 0.365. The first-order valence-electron chi connectivity index (χ1n) is 22.4. The van der Waals surface area contributed by atoms with Crippen molar-refractivity contribution in [2.75, 3.05) is 26.4 Å². The van der Waals surface area contributed by atoms with Crippen molar-refractivity contribution in [3.8, 4) is 45.3 Å². The van der Waals surface area contributed by atoms with Crippen LogP contribution in [0.25, 0.3) is 79.1 Å². The lowest BCUT2D eigenvalue weighted by Crippen LogP contribution is -2.04. The van der Waals surface area contributed by atoms with Gasteiger partial charge in [-0.25, -0.2) is 9.97 Å². The molecule has 0 spiro atoms. The van der Waals surface area contributed by atoms with E-state index in [1.807, 2.05) is 85.0 Å². The number of aromatic nitrogens is 4. The second-order valence-electron chi connectivity index (χ2n) is 18.0. The average Bonchev–Trinajstić information content (AvgIpc) is 4.07. The van der Waals surface area contributed by atoms with Crippen molar-refractivity contribution in [1.82, 2.24) is 19.9 Å². The van der Waals surface area contributed by atoms with Gasteiger partial charge in [-0.05, 0) is 145 Å². The molecule has 5 aromatic rings. The van der Waals surface area contributed by atoms with Crippen molar-refractivity contribution in [3.05, 3.63) is 99.9 Å². The molecular formula is C52H61N7O4. The van der Waals surface area contributed by atoms with E-state index in [0.29, 0.717) is 72.7 Å². The standard InChI is InChI=1S/C52H61N7O4/c1-32(2)17-21-60-40-25-36(26-41(30-40)61-22-18-33(3)4)50-44-11-9-38(54-44)29-39-10-12-45(55-39)51(47-14-16-49(57-47)52(58-59-53)48-15-13-46(50)56-48)37-27-42(62-23-19-34(5)6)31-43(28-37)63-24-20-35(7)8/h9-16,25-35,54,57H,17-24H2,1-8H3. The van der Waals surface area contributed by atoms with Crippen molar-refractivity contribution in [2.24, 2.45) is 28.8 Å². The fourth-order valence-electron chi connectivity index (χ4n) is 7.30. The summed E-state index contributed by atoms with van der Waals surface area (Å²) in [7, 11) is 0. The smallest absolute Gasteiger partial charge is 0.123 e. The minimum Gasteiger partial charge on any atom is -0.493 e. The Balaban J connectivity index is 1.45. The molecule has 2 N–H and O–H groups in total. The molecule has 2 aliphatic heterocycles. The molecule has 328 valence electrons. The van der Waals surface area contributed by atoms with E-state index in [9.17, 15) is 5.53 Å². The molecule has 63 heavy (non-hydrogen) atoms. The van der Waals surface area contributed by atoms with Gasteiger partial charge in [0.25, 0.3) is 0 Å². The number of ether oxygens (including phenoxy) is 4. The maximum Gasteiger partial charge on any atom is 0.123 e. The lowest BCUT2D eigenvalue weighted by molar-refractivity contribution is 0.276. The second-order valence-corrected chi connectivity index (χ2v) is 18.0. The highest BCUT2D eigenvalue weighted by Crippen LogP contribution is 2.39. The average molecular weight is 848 g/mol. The number of hydrogen-bond donors (Lipinski definition) is 2. The van der Waals surface area contributed by atoms with Gasteiger partial charge in [0.05, 0.1) is 60.4 Å². The Bertz CT molecular complexity index is 2540. The van der Waals surface area contributed by atoms with Crippen molar-refractivity contribution in [2.45, 2.75) is 81.1 Å². The Kier molecular flexibility index (Phi) is 14.6. The molecule has 0 aliphatic carbocycles. The number of rotatable bonds is 19. The van der Waals surface area contributed by atoms with Gasteiger partial charge in [-0.15, -0.1) is 0 Å². The summed E-state index contributed by atoms with van der Waals surface area (Å²) in [4.78, 5) is 20.9. The molecule has 3 aromatic heterocycles. The van der Waals surface area contributed by atoms with Gasteiger partial charge >= 0.3 is 0 Å². The molecule has 5 heterocycles. The third-order valence-electron chi connectivity index (χ3n) is 10.9. The molecule has 0 amide bonds. The molecule has 0 saturated carbocycles. The molecule has 11 heteroatoms. The van der Waals surface area contributed by atoms with Crippen molar-refractivity contribution < 1.29 is 18.9 Å². The van der Waals surface area contributed by atoms with E-state index in [2.05, 4.69) is 81.5 Å². The van der Waals surface area contributed by atoms with Gasteiger partial charge in [0, 0.05) is 44.7 Å². The summed E-state index contributed by atoms with van der Waals surface area (Å²) in [6.45, 7) is 19.9. The van der Waals surface area contributed by atoms with Crippen LogP contribution < -0.4 is 18.9 Å². The Morgan fingerprint density at radius 3 is 1.43 bits per heavy atom. The molecule has 2 aliphatic rings. The van der Waals surface area contributed by atoms with E-state index in [-0.39, 0.29) is 0 Å². The van der Waals surface area contributed by atoms with E-state index in [1.54, 1.807) is 0 Å². The summed E-state index contributed by atoms with van der Waals surface area (Å²) in [5.74, 6) is 4.91. The number of fused-ring (bicyclic) bond motifs is 8. The molecule has 0 unspecified atom stereocenters. The Morgan fingerprint density at radius 1 is 0.508 bits per heavy atom. The molecule has 2 aromatic carbocycles. The highest BCUT2D eigenvalue weighted by atomic mass is 16.5. The second kappa shape index (κ2) is 20.6. The van der Waals surface area contributed by atoms with Crippen LogP contribution in [0.2, 0.25) is 0 Å².